The minimum absolute atomic E-state index is 0.0885. The van der Waals surface area contributed by atoms with Crippen LogP contribution < -0.4 is 10.6 Å². The molecule has 1 amide bonds. The summed E-state index contributed by atoms with van der Waals surface area (Å²) in [6.45, 7) is 5.91. The molecule has 0 aliphatic carbocycles. The van der Waals surface area contributed by atoms with Gasteiger partial charge in [0.1, 0.15) is 5.71 Å². The summed E-state index contributed by atoms with van der Waals surface area (Å²) in [5, 5.41) is 13.8. The number of allylic oxidation sites excluding steroid dienone is 4. The van der Waals surface area contributed by atoms with Crippen LogP contribution in [0, 0.1) is 17.0 Å². The van der Waals surface area contributed by atoms with E-state index in [-0.39, 0.29) is 11.4 Å². The molecule has 0 spiro atoms. The van der Waals surface area contributed by atoms with Crippen LogP contribution in [-0.2, 0) is 4.79 Å². The van der Waals surface area contributed by atoms with Crippen molar-refractivity contribution >= 4 is 46.2 Å². The Labute approximate surface area is 192 Å². The number of carbonyl (C=O) groups excluding carboxylic acids is 1. The number of amides is 1. The second-order valence-corrected chi connectivity index (χ2v) is 6.24. The largest absolute Gasteiger partial charge is 0.388 e. The smallest absolute Gasteiger partial charge is 0.274 e. The van der Waals surface area contributed by atoms with Gasteiger partial charge in [0.05, 0.1) is 0 Å². The highest BCUT2D eigenvalue weighted by Crippen LogP contribution is 2.17. The number of anilines is 2. The lowest BCUT2D eigenvalue weighted by molar-refractivity contribution is -0.110. The molecule has 168 valence electrons. The van der Waals surface area contributed by atoms with Gasteiger partial charge in [-0.15, -0.1) is 11.6 Å². The topological polar surface area (TPSA) is 65.0 Å². The molecule has 0 bridgehead atoms. The Morgan fingerprint density at radius 3 is 2.32 bits per heavy atom. The van der Waals surface area contributed by atoms with Gasteiger partial charge in [0.15, 0.2) is 11.6 Å². The number of benzene rings is 2. The van der Waals surface area contributed by atoms with Crippen molar-refractivity contribution in [2.45, 2.75) is 20.8 Å². The Hall–Kier alpha value is -2.70. The van der Waals surface area contributed by atoms with E-state index in [1.807, 2.05) is 26.8 Å². The van der Waals surface area contributed by atoms with Crippen molar-refractivity contribution in [3.05, 3.63) is 82.9 Å². The van der Waals surface area contributed by atoms with Crippen LogP contribution >= 0.6 is 23.2 Å². The van der Waals surface area contributed by atoms with Crippen LogP contribution in [0.5, 0.6) is 0 Å². The second kappa shape index (κ2) is 16.1. The summed E-state index contributed by atoms with van der Waals surface area (Å²) in [6, 6.07) is 9.84. The number of carbonyl (C=O) groups is 1. The lowest BCUT2D eigenvalue weighted by Crippen LogP contribution is -2.23. The maximum atomic E-state index is 13.1. The fraction of sp³-hybridized carbons (Fsp3) is 0.217. The number of para-hydroxylation sites is 1. The Morgan fingerprint density at radius 1 is 1.13 bits per heavy atom. The number of alkyl halides is 1. The van der Waals surface area contributed by atoms with Gasteiger partial charge in [0, 0.05) is 41.0 Å². The molecular formula is C23H27Cl2F2N3O. The van der Waals surface area contributed by atoms with E-state index in [4.69, 9.17) is 28.6 Å². The zero-order valence-corrected chi connectivity index (χ0v) is 19.4. The monoisotopic (exact) mass is 469 g/mol. The van der Waals surface area contributed by atoms with Crippen molar-refractivity contribution in [1.29, 1.82) is 5.41 Å². The Bertz CT molecular complexity index is 915. The highest BCUT2D eigenvalue weighted by atomic mass is 35.5. The molecule has 2 aromatic carbocycles. The molecule has 0 aliphatic heterocycles. The van der Waals surface area contributed by atoms with Crippen LogP contribution in [0.2, 0.25) is 0 Å². The van der Waals surface area contributed by atoms with Gasteiger partial charge in [-0.05, 0) is 31.2 Å². The summed E-state index contributed by atoms with van der Waals surface area (Å²) >= 11 is 10.9. The third-order valence-electron chi connectivity index (χ3n) is 3.47. The van der Waals surface area contributed by atoms with Gasteiger partial charge in [0.25, 0.3) is 5.91 Å². The summed E-state index contributed by atoms with van der Waals surface area (Å²) in [4.78, 5) is 12.0. The van der Waals surface area contributed by atoms with E-state index in [1.54, 1.807) is 43.5 Å². The van der Waals surface area contributed by atoms with Crippen LogP contribution in [0.3, 0.4) is 0 Å². The average Bonchev–Trinajstić information content (AvgIpc) is 2.78. The van der Waals surface area contributed by atoms with E-state index >= 15 is 0 Å². The normalized spacial score (nSPS) is 10.4. The number of rotatable bonds is 6. The van der Waals surface area contributed by atoms with E-state index in [0.717, 1.165) is 12.1 Å². The molecule has 0 heterocycles. The molecule has 0 unspecified atom stereocenters. The lowest BCUT2D eigenvalue weighted by Gasteiger charge is -2.10. The molecular weight excluding hydrogens is 443 g/mol. The van der Waals surface area contributed by atoms with E-state index in [2.05, 4.69) is 10.6 Å². The number of halogens is 4. The third-order valence-corrected chi connectivity index (χ3v) is 3.90. The summed E-state index contributed by atoms with van der Waals surface area (Å²) in [6.07, 6.45) is 5.40. The molecule has 8 heteroatoms. The molecule has 3 N–H and O–H groups in total. The first kappa shape index (κ1) is 28.3. The quantitative estimate of drug-likeness (QED) is 0.243. The van der Waals surface area contributed by atoms with Crippen molar-refractivity contribution < 1.29 is 13.6 Å². The molecule has 0 fully saturated rings. The van der Waals surface area contributed by atoms with Gasteiger partial charge in [-0.2, -0.15) is 0 Å². The van der Waals surface area contributed by atoms with E-state index in [9.17, 15) is 13.6 Å². The first-order valence-electron chi connectivity index (χ1n) is 9.50. The lowest BCUT2D eigenvalue weighted by atomic mass is 10.1. The van der Waals surface area contributed by atoms with Crippen molar-refractivity contribution in [2.24, 2.45) is 0 Å². The van der Waals surface area contributed by atoms with Crippen LogP contribution in [0.15, 0.2) is 65.7 Å². The molecule has 0 atom stereocenters. The van der Waals surface area contributed by atoms with Gasteiger partial charge >= 0.3 is 0 Å². The van der Waals surface area contributed by atoms with Gasteiger partial charge in [-0.1, -0.05) is 55.8 Å². The zero-order chi connectivity index (χ0) is 23.8. The SMILES string of the molecule is C/C=C\C(Cl)=C/CCl.CC.CNc1ccccc1C(=N)C(=O)Nc1ccc(F)c(F)c1. The fourth-order valence-electron chi connectivity index (χ4n) is 2.11. The standard InChI is InChI=1S/C15H13F2N3O.C6H8Cl2.C2H6/c1-19-13-5-3-2-4-10(13)14(18)15(21)20-9-6-7-11(16)12(17)8-9;1-2-3-6(8)4-5-7;1-2/h2-8,18-19H,1H3,(H,20,21);2-4H,5H2,1H3;1-2H3/b;3-2-,6-4+;. The van der Waals surface area contributed by atoms with E-state index in [0.29, 0.717) is 22.2 Å². The highest BCUT2D eigenvalue weighted by Gasteiger charge is 2.15. The van der Waals surface area contributed by atoms with E-state index in [1.165, 1.54) is 6.07 Å². The minimum Gasteiger partial charge on any atom is -0.388 e. The third kappa shape index (κ3) is 10.2. The minimum atomic E-state index is -1.06. The first-order chi connectivity index (χ1) is 14.8. The molecule has 31 heavy (non-hydrogen) atoms. The van der Waals surface area contributed by atoms with Crippen LogP contribution in [-0.4, -0.2) is 24.5 Å². The molecule has 0 saturated heterocycles. The highest BCUT2D eigenvalue weighted by molar-refractivity contribution is 6.48. The molecule has 0 radical (unpaired) electrons. The number of hydrogen-bond donors (Lipinski definition) is 3. The van der Waals surface area contributed by atoms with Gasteiger partial charge in [0.2, 0.25) is 0 Å². The summed E-state index contributed by atoms with van der Waals surface area (Å²) < 4.78 is 25.9. The average molecular weight is 470 g/mol. The zero-order valence-electron chi connectivity index (χ0n) is 17.9. The van der Waals surface area contributed by atoms with Crippen LogP contribution in [0.4, 0.5) is 20.2 Å². The molecule has 2 rings (SSSR count). The maximum Gasteiger partial charge on any atom is 0.274 e. The van der Waals surface area contributed by atoms with Gasteiger partial charge < -0.3 is 10.6 Å². The van der Waals surface area contributed by atoms with Crippen LogP contribution in [0.1, 0.15) is 26.3 Å². The fourth-order valence-corrected chi connectivity index (χ4v) is 2.56. The molecule has 0 aromatic heterocycles. The van der Waals surface area contributed by atoms with Crippen molar-refractivity contribution in [3.8, 4) is 0 Å². The molecule has 4 nitrogen and oxygen atoms in total. The first-order valence-corrected chi connectivity index (χ1v) is 10.4. The Morgan fingerprint density at radius 2 is 1.77 bits per heavy atom. The van der Waals surface area contributed by atoms with Crippen molar-refractivity contribution in [1.82, 2.24) is 0 Å². The Kier molecular flexibility index (Phi) is 14.7. The summed E-state index contributed by atoms with van der Waals surface area (Å²) in [7, 11) is 1.68. The number of nitrogens with one attached hydrogen (secondary N) is 3. The van der Waals surface area contributed by atoms with E-state index < -0.39 is 17.5 Å². The molecule has 0 aliphatic rings. The van der Waals surface area contributed by atoms with Crippen molar-refractivity contribution in [2.75, 3.05) is 23.6 Å². The maximum absolute atomic E-state index is 13.1. The van der Waals surface area contributed by atoms with Gasteiger partial charge in [-0.3, -0.25) is 10.2 Å². The summed E-state index contributed by atoms with van der Waals surface area (Å²) in [5.41, 5.74) is 0.860. The van der Waals surface area contributed by atoms with Crippen LogP contribution in [0.25, 0.3) is 0 Å². The summed E-state index contributed by atoms with van der Waals surface area (Å²) in [5.74, 6) is -2.29. The van der Waals surface area contributed by atoms with Gasteiger partial charge in [-0.25, -0.2) is 8.78 Å². The predicted molar refractivity (Wildman–Crippen MR) is 129 cm³/mol. The molecule has 2 aromatic rings. The predicted octanol–water partition coefficient (Wildman–Crippen LogP) is 6.96. The van der Waals surface area contributed by atoms with Crippen molar-refractivity contribution in [3.63, 3.8) is 0 Å². The Balaban J connectivity index is 0.000000762. The second-order valence-electron chi connectivity index (χ2n) is 5.50. The molecule has 0 saturated carbocycles. The number of hydrogen-bond acceptors (Lipinski definition) is 3.